The van der Waals surface area contributed by atoms with E-state index in [4.69, 9.17) is 0 Å². The summed E-state index contributed by atoms with van der Waals surface area (Å²) in [5.41, 5.74) is 0. The van der Waals surface area contributed by atoms with E-state index in [1.54, 1.807) is 0 Å². The first-order valence-corrected chi connectivity index (χ1v) is 2.15. The van der Waals surface area contributed by atoms with Crippen LogP contribution in [0, 0.1) is 0 Å². The van der Waals surface area contributed by atoms with E-state index in [9.17, 15) is 0 Å². The van der Waals surface area contributed by atoms with Crippen molar-refractivity contribution in [2.75, 3.05) is 0 Å². The molecule has 0 heterocycles. The molecule has 0 fully saturated rings. The maximum atomic E-state index is 2.24. The molecule has 0 aromatic carbocycles. The molecule has 0 aliphatic heterocycles. The van der Waals surface area contributed by atoms with Gasteiger partial charge in [0, 0.05) is 0 Å². The second kappa shape index (κ2) is 3.29. The molecule has 0 nitrogen and oxygen atoms in total. The average Bonchev–Trinajstić information content (AvgIpc) is 1.76. The molecule has 0 amide bonds. The first-order chi connectivity index (χ1) is 2.50. The Kier molecular flexibility index (Phi) is 3.34. The highest BCUT2D eigenvalue weighted by Gasteiger charge is 1.84. The Morgan fingerprint density at radius 1 is 1.00 bits per heavy atom. The molecule has 0 spiro atoms. The summed E-state index contributed by atoms with van der Waals surface area (Å²) in [7, 11) is 0. The lowest BCUT2D eigenvalue weighted by Gasteiger charge is -1.69. The zero-order chi connectivity index (χ0) is 3.54. The molecule has 1 rings (SSSR count). The molecule has 0 aromatic rings. The van der Waals surface area contributed by atoms with Gasteiger partial charge in [0.25, 0.3) is 0 Å². The Bertz CT molecular complexity index is 41.9. The van der Waals surface area contributed by atoms with E-state index >= 15 is 0 Å². The lowest BCUT2D eigenvalue weighted by Crippen LogP contribution is -1.50. The summed E-state index contributed by atoms with van der Waals surface area (Å²) < 4.78 is 0. The fourth-order valence-electron chi connectivity index (χ4n) is 0.589. The molecule has 6 heavy (non-hydrogen) atoms. The van der Waals surface area contributed by atoms with Gasteiger partial charge in [-0.25, -0.2) is 0 Å². The third kappa shape index (κ3) is 1.51. The first-order valence-electron chi connectivity index (χ1n) is 2.15. The third-order valence-electron chi connectivity index (χ3n) is 0.908. The average molecular weight is 102 g/mol. The van der Waals surface area contributed by atoms with Crippen LogP contribution in [0.4, 0.5) is 0 Å². The molecule has 0 bridgehead atoms. The van der Waals surface area contributed by atoms with Crippen molar-refractivity contribution in [1.29, 1.82) is 0 Å². The van der Waals surface area contributed by atoms with Gasteiger partial charge < -0.3 is 0 Å². The van der Waals surface area contributed by atoms with Crippen LogP contribution < -0.4 is 0 Å². The summed E-state index contributed by atoms with van der Waals surface area (Å²) in [6.07, 6.45) is 8.50. The van der Waals surface area contributed by atoms with Crippen molar-refractivity contribution < 1.29 is 0 Å². The lowest BCUT2D eigenvalue weighted by atomic mass is 10.4. The van der Waals surface area contributed by atoms with Crippen LogP contribution in [0.1, 0.15) is 19.3 Å². The van der Waals surface area contributed by atoms with E-state index in [-0.39, 0.29) is 13.5 Å². The zero-order valence-corrected chi connectivity index (χ0v) is 4.78. The number of allylic oxidation sites excluding steroid dienone is 2. The summed E-state index contributed by atoms with van der Waals surface area (Å²) in [4.78, 5) is 0. The van der Waals surface area contributed by atoms with Gasteiger partial charge in [0.15, 0.2) is 0 Å². The fourth-order valence-corrected chi connectivity index (χ4v) is 0.589. The summed E-state index contributed by atoms with van der Waals surface area (Å²) in [6.45, 7) is 0. The van der Waals surface area contributed by atoms with Crippen LogP contribution >= 0.6 is 13.5 Å². The van der Waals surface area contributed by atoms with Crippen LogP contribution in [-0.2, 0) is 0 Å². The fraction of sp³-hybridized carbons (Fsp3) is 0.600. The smallest absolute Gasteiger partial charge is 0.0348 e. The second-order valence-corrected chi connectivity index (χ2v) is 1.40. The molecule has 36 valence electrons. The second-order valence-electron chi connectivity index (χ2n) is 1.40. The quantitative estimate of drug-likeness (QED) is 0.409. The zero-order valence-electron chi connectivity index (χ0n) is 3.78. The van der Waals surface area contributed by atoms with Crippen LogP contribution in [0.3, 0.4) is 0 Å². The third-order valence-corrected chi connectivity index (χ3v) is 0.908. The predicted molar refractivity (Wildman–Crippen MR) is 33.4 cm³/mol. The van der Waals surface area contributed by atoms with E-state index in [0.717, 1.165) is 0 Å². The largest absolute Gasteiger partial charge is 0.197 e. The molecule has 0 atom stereocenters. The van der Waals surface area contributed by atoms with Gasteiger partial charge in [-0.2, -0.15) is 13.5 Å². The van der Waals surface area contributed by atoms with Crippen molar-refractivity contribution in [2.45, 2.75) is 19.3 Å². The van der Waals surface area contributed by atoms with Gasteiger partial charge in [-0.3, -0.25) is 0 Å². The molecule has 0 radical (unpaired) electrons. The normalized spacial score (nSPS) is 17.3. The minimum absolute atomic E-state index is 0. The van der Waals surface area contributed by atoms with Gasteiger partial charge in [-0.15, -0.1) is 0 Å². The maximum Gasteiger partial charge on any atom is -0.0348 e. The molecule has 0 N–H and O–H groups in total. The summed E-state index contributed by atoms with van der Waals surface area (Å²) in [5.74, 6) is 0. The summed E-state index contributed by atoms with van der Waals surface area (Å²) in [6, 6.07) is 0. The van der Waals surface area contributed by atoms with Gasteiger partial charge >= 0.3 is 0 Å². The van der Waals surface area contributed by atoms with Crippen molar-refractivity contribution in [3.8, 4) is 0 Å². The van der Waals surface area contributed by atoms with Crippen molar-refractivity contribution >= 4 is 13.5 Å². The minimum atomic E-state index is 0. The van der Waals surface area contributed by atoms with E-state index in [1.165, 1.54) is 19.3 Å². The highest BCUT2D eigenvalue weighted by atomic mass is 32.1. The van der Waals surface area contributed by atoms with Crippen molar-refractivity contribution in [3.05, 3.63) is 12.2 Å². The molecule has 0 saturated heterocycles. The SMILES string of the molecule is C1=CCCC1.S. The molecular formula is C5H10S. The Morgan fingerprint density at radius 2 is 1.50 bits per heavy atom. The molecule has 0 aromatic heterocycles. The van der Waals surface area contributed by atoms with Gasteiger partial charge in [0.05, 0.1) is 0 Å². The first kappa shape index (κ1) is 6.09. The van der Waals surface area contributed by atoms with E-state index in [1.807, 2.05) is 0 Å². The topological polar surface area (TPSA) is 0 Å². The predicted octanol–water partition coefficient (Wildman–Crippen LogP) is 1.84. The van der Waals surface area contributed by atoms with Gasteiger partial charge in [0.1, 0.15) is 0 Å². The number of rotatable bonds is 0. The van der Waals surface area contributed by atoms with Crippen molar-refractivity contribution in [1.82, 2.24) is 0 Å². The molecule has 1 heteroatoms. The molecule has 1 aliphatic carbocycles. The van der Waals surface area contributed by atoms with Gasteiger partial charge in [-0.1, -0.05) is 12.2 Å². The molecule has 0 saturated carbocycles. The van der Waals surface area contributed by atoms with Crippen LogP contribution in [0.25, 0.3) is 0 Å². The van der Waals surface area contributed by atoms with Crippen LogP contribution in [0.5, 0.6) is 0 Å². The lowest BCUT2D eigenvalue weighted by molar-refractivity contribution is 0.929. The number of hydrogen-bond acceptors (Lipinski definition) is 0. The number of hydrogen-bond donors (Lipinski definition) is 0. The highest BCUT2D eigenvalue weighted by molar-refractivity contribution is 7.59. The summed E-state index contributed by atoms with van der Waals surface area (Å²) in [5, 5.41) is 0. The monoisotopic (exact) mass is 102 g/mol. The highest BCUT2D eigenvalue weighted by Crippen LogP contribution is 2.05. The van der Waals surface area contributed by atoms with E-state index in [2.05, 4.69) is 12.2 Å². The van der Waals surface area contributed by atoms with Crippen LogP contribution in [0.15, 0.2) is 12.2 Å². The van der Waals surface area contributed by atoms with Gasteiger partial charge in [0.2, 0.25) is 0 Å². The minimum Gasteiger partial charge on any atom is -0.197 e. The van der Waals surface area contributed by atoms with Crippen LogP contribution in [-0.4, -0.2) is 0 Å². The van der Waals surface area contributed by atoms with Crippen LogP contribution in [0.2, 0.25) is 0 Å². The Labute approximate surface area is 45.7 Å². The van der Waals surface area contributed by atoms with E-state index in [0.29, 0.717) is 0 Å². The Hall–Kier alpha value is 0.0900. The van der Waals surface area contributed by atoms with Gasteiger partial charge in [-0.05, 0) is 19.3 Å². The maximum absolute atomic E-state index is 2.24. The Morgan fingerprint density at radius 3 is 1.67 bits per heavy atom. The molecule has 0 unspecified atom stereocenters. The van der Waals surface area contributed by atoms with E-state index < -0.39 is 0 Å². The van der Waals surface area contributed by atoms with Crippen molar-refractivity contribution in [2.24, 2.45) is 0 Å². The molecule has 1 aliphatic rings. The standard InChI is InChI=1S/C5H8.H2S/c1-2-4-5-3-1;/h1-2H,3-5H2;1H2. The van der Waals surface area contributed by atoms with Crippen molar-refractivity contribution in [3.63, 3.8) is 0 Å². The Balaban J connectivity index is 0.000000250. The molecular weight excluding hydrogens is 92.1 g/mol. The summed E-state index contributed by atoms with van der Waals surface area (Å²) >= 11 is 0.